The third-order valence-electron chi connectivity index (χ3n) is 9.87. The Labute approximate surface area is 252 Å². The molecule has 0 radical (unpaired) electrons. The number of fused-ring (bicyclic) bond motifs is 3. The first kappa shape index (κ1) is 30.4. The van der Waals surface area contributed by atoms with Crippen LogP contribution in [0.4, 0.5) is 14.5 Å². The maximum atomic E-state index is 14.9. The lowest BCUT2D eigenvalue weighted by atomic mass is 9.87. The molecule has 234 valence electrons. The Morgan fingerprint density at radius 3 is 2.70 bits per heavy atom. The number of imidazole rings is 1. The normalized spacial score (nSPS) is 24.1. The maximum absolute atomic E-state index is 14.9. The summed E-state index contributed by atoms with van der Waals surface area (Å²) in [6, 6.07) is 4.66. The fourth-order valence-electron chi connectivity index (χ4n) is 6.74. The van der Waals surface area contributed by atoms with Gasteiger partial charge in [0.1, 0.15) is 12.4 Å². The molecule has 12 heteroatoms. The fraction of sp³-hybridized carbons (Fsp3) is 0.645. The van der Waals surface area contributed by atoms with E-state index >= 15 is 0 Å². The van der Waals surface area contributed by atoms with Gasteiger partial charge in [0.05, 0.1) is 30.3 Å². The van der Waals surface area contributed by atoms with E-state index < -0.39 is 25.3 Å². The van der Waals surface area contributed by atoms with Gasteiger partial charge >= 0.3 is 0 Å². The highest BCUT2D eigenvalue weighted by atomic mass is 28.3. The van der Waals surface area contributed by atoms with Crippen LogP contribution in [-0.4, -0.2) is 90.6 Å². The van der Waals surface area contributed by atoms with Gasteiger partial charge in [-0.25, -0.2) is 18.4 Å². The van der Waals surface area contributed by atoms with Crippen LogP contribution in [0.25, 0.3) is 22.6 Å². The number of aromatic amines is 1. The van der Waals surface area contributed by atoms with Crippen LogP contribution < -0.4 is 4.90 Å². The number of alkyl halides is 2. The Hall–Kier alpha value is -2.67. The molecule has 3 aromatic rings. The third-order valence-corrected chi connectivity index (χ3v) is 11.6. The molecule has 2 aromatic heterocycles. The number of amides is 1. The van der Waals surface area contributed by atoms with Crippen LogP contribution >= 0.6 is 0 Å². The number of anilines is 1. The van der Waals surface area contributed by atoms with E-state index in [1.807, 2.05) is 26.0 Å². The molecule has 3 atom stereocenters. The van der Waals surface area contributed by atoms with Crippen molar-refractivity contribution in [2.75, 3.05) is 44.9 Å². The van der Waals surface area contributed by atoms with E-state index in [2.05, 4.69) is 29.5 Å². The first-order valence-corrected chi connectivity index (χ1v) is 19.1. The highest BCUT2D eigenvalue weighted by Crippen LogP contribution is 2.70. The van der Waals surface area contributed by atoms with Crippen molar-refractivity contribution in [3.63, 3.8) is 0 Å². The molecule has 1 aliphatic heterocycles. The highest BCUT2D eigenvalue weighted by molar-refractivity contribution is 6.76. The van der Waals surface area contributed by atoms with Crippen LogP contribution in [0.3, 0.4) is 0 Å². The number of nitrogens with one attached hydrogen (secondary N) is 1. The van der Waals surface area contributed by atoms with Crippen LogP contribution in [0.15, 0.2) is 12.1 Å². The largest absolute Gasteiger partial charge is 0.379 e. The summed E-state index contributed by atoms with van der Waals surface area (Å²) >= 11 is 0. The Bertz CT molecular complexity index is 1540. The molecule has 9 nitrogen and oxygen atoms in total. The van der Waals surface area contributed by atoms with E-state index in [4.69, 9.17) is 19.6 Å². The molecular weight excluding hydrogens is 570 g/mol. The first-order valence-electron chi connectivity index (χ1n) is 15.4. The molecule has 43 heavy (non-hydrogen) atoms. The summed E-state index contributed by atoms with van der Waals surface area (Å²) in [6.45, 7) is 16.1. The first-order chi connectivity index (χ1) is 20.2. The van der Waals surface area contributed by atoms with Crippen molar-refractivity contribution < 1.29 is 23.0 Å². The lowest BCUT2D eigenvalue weighted by Gasteiger charge is -2.33. The Morgan fingerprint density at radius 1 is 1.28 bits per heavy atom. The molecule has 2 aliphatic carbocycles. The van der Waals surface area contributed by atoms with Crippen LogP contribution in [0.2, 0.25) is 25.7 Å². The molecule has 6 rings (SSSR count). The predicted octanol–water partition coefficient (Wildman–Crippen LogP) is 5.10. The van der Waals surface area contributed by atoms with E-state index in [0.717, 1.165) is 52.7 Å². The Balaban J connectivity index is 1.30. The van der Waals surface area contributed by atoms with Crippen molar-refractivity contribution in [2.45, 2.75) is 78.0 Å². The number of rotatable bonds is 9. The minimum Gasteiger partial charge on any atom is -0.379 e. The van der Waals surface area contributed by atoms with Crippen LogP contribution in [0, 0.1) is 18.3 Å². The van der Waals surface area contributed by atoms with E-state index in [-0.39, 0.29) is 31.5 Å². The number of hydrogen-bond acceptors (Lipinski definition) is 6. The van der Waals surface area contributed by atoms with Crippen molar-refractivity contribution in [1.29, 1.82) is 0 Å². The van der Waals surface area contributed by atoms with E-state index in [1.165, 1.54) is 0 Å². The summed E-state index contributed by atoms with van der Waals surface area (Å²) in [6.07, 6.45) is 0.531. The van der Waals surface area contributed by atoms with Crippen molar-refractivity contribution in [3.8, 4) is 11.5 Å². The van der Waals surface area contributed by atoms with Gasteiger partial charge in [0, 0.05) is 69.5 Å². The molecule has 1 saturated heterocycles. The van der Waals surface area contributed by atoms with Crippen molar-refractivity contribution in [1.82, 2.24) is 24.6 Å². The maximum Gasteiger partial charge on any atom is 0.258 e. The molecule has 3 heterocycles. The van der Waals surface area contributed by atoms with E-state index in [1.54, 1.807) is 23.6 Å². The average Bonchev–Trinajstić information content (AvgIpc) is 3.29. The Morgan fingerprint density at radius 2 is 2.00 bits per heavy atom. The molecular formula is C31H44F2N6O3Si. The number of halogens is 2. The van der Waals surface area contributed by atoms with Gasteiger partial charge in [-0.1, -0.05) is 26.6 Å². The second-order valence-electron chi connectivity index (χ2n) is 14.1. The predicted molar refractivity (Wildman–Crippen MR) is 165 cm³/mol. The summed E-state index contributed by atoms with van der Waals surface area (Å²) in [5.74, 6) is -2.82. The molecule has 1 saturated carbocycles. The van der Waals surface area contributed by atoms with Gasteiger partial charge in [-0.2, -0.15) is 5.10 Å². The zero-order valence-electron chi connectivity index (χ0n) is 26.4. The van der Waals surface area contributed by atoms with Gasteiger partial charge in [-0.3, -0.25) is 9.69 Å². The molecule has 3 aliphatic rings. The number of ether oxygens (including phenoxy) is 2. The second kappa shape index (κ2) is 10.7. The SMILES string of the molecule is Cc1cc2nc(-c3nn(COCC[Si](C)(C)C)c4c3C[C@@H]3C(F)(F)[C@]3(C)C4)[nH]c2cc1N(C)C(=O)[C@H](C)N1CCOCC1. The van der Waals surface area contributed by atoms with Gasteiger partial charge in [-0.05, 0) is 44.0 Å². The second-order valence-corrected chi connectivity index (χ2v) is 19.7. The molecule has 1 amide bonds. The zero-order valence-corrected chi connectivity index (χ0v) is 27.4. The summed E-state index contributed by atoms with van der Waals surface area (Å²) in [5.41, 5.74) is 4.44. The van der Waals surface area contributed by atoms with Gasteiger partial charge in [0.25, 0.3) is 5.92 Å². The number of aryl methyl sites for hydroxylation is 1. The topological polar surface area (TPSA) is 88.5 Å². The number of hydrogen-bond donors (Lipinski definition) is 1. The van der Waals surface area contributed by atoms with E-state index in [0.29, 0.717) is 31.3 Å². The van der Waals surface area contributed by atoms with E-state index in [9.17, 15) is 13.6 Å². The number of likely N-dealkylation sites (N-methyl/N-ethyl adjacent to an activating group) is 1. The number of morpholine rings is 1. The van der Waals surface area contributed by atoms with Gasteiger partial charge in [-0.15, -0.1) is 0 Å². The monoisotopic (exact) mass is 614 g/mol. The minimum absolute atomic E-state index is 0.0134. The number of carbonyl (C=O) groups excluding carboxylic acids is 1. The van der Waals surface area contributed by atoms with Crippen molar-refractivity contribution in [3.05, 3.63) is 29.0 Å². The van der Waals surface area contributed by atoms with Crippen LogP contribution in [0.5, 0.6) is 0 Å². The fourth-order valence-corrected chi connectivity index (χ4v) is 7.49. The highest BCUT2D eigenvalue weighted by Gasteiger charge is 2.78. The molecule has 2 fully saturated rings. The quantitative estimate of drug-likeness (QED) is 0.267. The molecule has 0 unspecified atom stereocenters. The third kappa shape index (κ3) is 5.34. The number of carbonyl (C=O) groups is 1. The smallest absolute Gasteiger partial charge is 0.258 e. The van der Waals surface area contributed by atoms with Crippen LogP contribution in [-0.2, 0) is 33.8 Å². The average molecular weight is 615 g/mol. The summed E-state index contributed by atoms with van der Waals surface area (Å²) in [4.78, 5) is 25.5. The van der Waals surface area contributed by atoms with Gasteiger partial charge in [0.2, 0.25) is 5.91 Å². The standard InChI is InChI=1S/C31H44F2N6O3Si/c1-19-14-22-23(16-24(19)37(4)29(40)20(2)38-8-10-41-11-9-38)35-28(34-22)27-21-15-26-30(3,31(26,32)33)17-25(21)39(36-27)18-42-12-13-43(5,6)7/h14,16,20,26H,8-13,15,17-18H2,1-7H3,(H,34,35)/t20-,26-,30+/m0/s1. The molecule has 0 spiro atoms. The molecule has 1 aromatic carbocycles. The lowest BCUT2D eigenvalue weighted by Crippen LogP contribution is -2.50. The number of aromatic nitrogens is 4. The van der Waals surface area contributed by atoms with Gasteiger partial charge < -0.3 is 19.4 Å². The molecule has 1 N–H and O–H groups in total. The number of benzene rings is 1. The lowest BCUT2D eigenvalue weighted by molar-refractivity contribution is -0.124. The minimum atomic E-state index is -2.69. The summed E-state index contributed by atoms with van der Waals surface area (Å²) in [5, 5.41) is 4.89. The summed E-state index contributed by atoms with van der Waals surface area (Å²) in [7, 11) is 0.537. The zero-order chi connectivity index (χ0) is 30.9. The van der Waals surface area contributed by atoms with Crippen molar-refractivity contribution >= 4 is 30.7 Å². The number of H-pyrrole nitrogens is 1. The molecule has 0 bridgehead atoms. The number of nitrogens with zero attached hydrogens (tertiary/aromatic N) is 5. The van der Waals surface area contributed by atoms with Crippen molar-refractivity contribution in [2.24, 2.45) is 11.3 Å². The van der Waals surface area contributed by atoms with Gasteiger partial charge in [0.15, 0.2) is 5.82 Å². The Kier molecular flexibility index (Phi) is 7.59. The summed E-state index contributed by atoms with van der Waals surface area (Å²) < 4.78 is 43.0. The van der Waals surface area contributed by atoms with Crippen LogP contribution in [0.1, 0.15) is 30.7 Å².